The van der Waals surface area contributed by atoms with Gasteiger partial charge in [0, 0.05) is 0 Å². The summed E-state index contributed by atoms with van der Waals surface area (Å²) in [6, 6.07) is -0.522. The molecule has 15 heavy (non-hydrogen) atoms. The zero-order valence-electron chi connectivity index (χ0n) is 8.08. The van der Waals surface area contributed by atoms with Gasteiger partial charge in [0.15, 0.2) is 0 Å². The topological polar surface area (TPSA) is 95.5 Å². The van der Waals surface area contributed by atoms with Gasteiger partial charge in [0.2, 0.25) is 0 Å². The maximum absolute atomic E-state index is 11.5. The molecular formula is C9H12N2O4. The Hall–Kier alpha value is -1.59. The molecular weight excluding hydrogens is 200 g/mol. The Morgan fingerprint density at radius 3 is 2.73 bits per heavy atom. The van der Waals surface area contributed by atoms with Gasteiger partial charge in [0.1, 0.15) is 5.54 Å². The molecule has 6 nitrogen and oxygen atoms in total. The number of hydrogen-bond donors (Lipinski definition) is 3. The number of carboxylic acids is 1. The van der Waals surface area contributed by atoms with Crippen LogP contribution in [0, 0.1) is 5.92 Å². The van der Waals surface area contributed by atoms with Gasteiger partial charge in [0.25, 0.3) is 5.91 Å². The van der Waals surface area contributed by atoms with Crippen LogP contribution in [0.25, 0.3) is 0 Å². The number of hydrogen-bond acceptors (Lipinski definition) is 3. The van der Waals surface area contributed by atoms with Crippen LogP contribution in [0.2, 0.25) is 0 Å². The second-order valence-electron chi connectivity index (χ2n) is 4.12. The van der Waals surface area contributed by atoms with E-state index in [1.165, 1.54) is 0 Å². The van der Waals surface area contributed by atoms with E-state index in [-0.39, 0.29) is 6.42 Å². The molecule has 0 radical (unpaired) electrons. The maximum Gasteiger partial charge on any atom is 0.322 e. The second kappa shape index (κ2) is 3.22. The summed E-state index contributed by atoms with van der Waals surface area (Å²) in [6.45, 7) is 0. The first kappa shape index (κ1) is 9.95. The summed E-state index contributed by atoms with van der Waals surface area (Å²) in [4.78, 5) is 33.4. The molecule has 2 atom stereocenters. The molecule has 82 valence electrons. The van der Waals surface area contributed by atoms with Crippen molar-refractivity contribution in [3.05, 3.63) is 0 Å². The Kier molecular flexibility index (Phi) is 2.13. The van der Waals surface area contributed by atoms with Crippen LogP contribution >= 0.6 is 0 Å². The minimum Gasteiger partial charge on any atom is -0.481 e. The van der Waals surface area contributed by atoms with Crippen molar-refractivity contribution < 1.29 is 19.5 Å². The van der Waals surface area contributed by atoms with E-state index >= 15 is 0 Å². The quantitative estimate of drug-likeness (QED) is 0.526. The van der Waals surface area contributed by atoms with Gasteiger partial charge in [0.05, 0.1) is 5.92 Å². The Morgan fingerprint density at radius 2 is 2.20 bits per heavy atom. The molecule has 1 spiro atoms. The zero-order valence-corrected chi connectivity index (χ0v) is 8.08. The molecule has 2 fully saturated rings. The summed E-state index contributed by atoms with van der Waals surface area (Å²) in [5.74, 6) is -1.83. The fourth-order valence-corrected chi connectivity index (χ4v) is 2.33. The fraction of sp³-hybridized carbons (Fsp3) is 0.667. The first-order chi connectivity index (χ1) is 7.03. The van der Waals surface area contributed by atoms with Crippen molar-refractivity contribution in [3.63, 3.8) is 0 Å². The highest BCUT2D eigenvalue weighted by Gasteiger charge is 2.50. The van der Waals surface area contributed by atoms with E-state index < -0.39 is 29.4 Å². The third kappa shape index (κ3) is 1.55. The van der Waals surface area contributed by atoms with Crippen LogP contribution in [0.15, 0.2) is 0 Å². The first-order valence-corrected chi connectivity index (χ1v) is 4.90. The Bertz CT molecular complexity index is 341. The lowest BCUT2D eigenvalue weighted by atomic mass is 9.76. The average Bonchev–Trinajstić information content (AvgIpc) is 2.41. The maximum atomic E-state index is 11.5. The zero-order chi connectivity index (χ0) is 11.1. The van der Waals surface area contributed by atoms with Crippen LogP contribution in [0.1, 0.15) is 25.7 Å². The Balaban J connectivity index is 2.18. The van der Waals surface area contributed by atoms with Crippen molar-refractivity contribution in [1.29, 1.82) is 0 Å². The number of nitrogens with one attached hydrogen (secondary N) is 2. The Morgan fingerprint density at radius 1 is 1.47 bits per heavy atom. The average molecular weight is 212 g/mol. The molecule has 3 N–H and O–H groups in total. The molecule has 2 rings (SSSR count). The number of amides is 3. The highest BCUT2D eigenvalue weighted by atomic mass is 16.4. The third-order valence-electron chi connectivity index (χ3n) is 3.11. The van der Waals surface area contributed by atoms with Crippen molar-refractivity contribution in [2.75, 3.05) is 0 Å². The molecule has 2 aliphatic rings. The molecule has 1 aliphatic carbocycles. The molecule has 0 aromatic heterocycles. The number of carboxylic acid groups (broad SMARTS) is 1. The number of imide groups is 1. The monoisotopic (exact) mass is 212 g/mol. The van der Waals surface area contributed by atoms with Gasteiger partial charge < -0.3 is 10.4 Å². The molecule has 1 aliphatic heterocycles. The minimum atomic E-state index is -0.974. The van der Waals surface area contributed by atoms with E-state index in [1.54, 1.807) is 0 Å². The van der Waals surface area contributed by atoms with Crippen molar-refractivity contribution in [3.8, 4) is 0 Å². The second-order valence-corrected chi connectivity index (χ2v) is 4.12. The predicted molar refractivity (Wildman–Crippen MR) is 49.0 cm³/mol. The van der Waals surface area contributed by atoms with Crippen molar-refractivity contribution in [2.45, 2.75) is 31.2 Å². The molecule has 3 amide bonds. The van der Waals surface area contributed by atoms with Gasteiger partial charge in [-0.05, 0) is 25.7 Å². The van der Waals surface area contributed by atoms with Crippen LogP contribution in [0.5, 0.6) is 0 Å². The molecule has 6 heteroatoms. The summed E-state index contributed by atoms with van der Waals surface area (Å²) in [6.07, 6.45) is 1.93. The predicted octanol–water partition coefficient (Wildman–Crippen LogP) is -0.161. The SMILES string of the molecule is O=C1NC(=O)[C@]2(CCC[C@@H](C(=O)O)C2)N1. The van der Waals surface area contributed by atoms with Crippen LogP contribution in [-0.2, 0) is 9.59 Å². The first-order valence-electron chi connectivity index (χ1n) is 4.90. The van der Waals surface area contributed by atoms with Gasteiger partial charge in [-0.1, -0.05) is 0 Å². The van der Waals surface area contributed by atoms with Crippen LogP contribution < -0.4 is 10.6 Å². The number of rotatable bonds is 1. The van der Waals surface area contributed by atoms with E-state index in [1.807, 2.05) is 0 Å². The van der Waals surface area contributed by atoms with E-state index in [4.69, 9.17) is 5.11 Å². The van der Waals surface area contributed by atoms with Gasteiger partial charge in [-0.2, -0.15) is 0 Å². The molecule has 0 aromatic carbocycles. The summed E-state index contributed by atoms with van der Waals surface area (Å²) in [5.41, 5.74) is -0.974. The van der Waals surface area contributed by atoms with E-state index in [0.717, 1.165) is 0 Å². The molecule has 0 unspecified atom stereocenters. The van der Waals surface area contributed by atoms with Crippen molar-refractivity contribution in [2.24, 2.45) is 5.92 Å². The lowest BCUT2D eigenvalue weighted by molar-refractivity contribution is -0.144. The summed E-state index contributed by atoms with van der Waals surface area (Å²) in [5, 5.41) is 13.6. The molecule has 1 saturated carbocycles. The lowest BCUT2D eigenvalue weighted by Gasteiger charge is -2.33. The van der Waals surface area contributed by atoms with E-state index in [9.17, 15) is 14.4 Å². The normalized spacial score (nSPS) is 35.1. The number of urea groups is 1. The summed E-state index contributed by atoms with van der Waals surface area (Å²) >= 11 is 0. The number of aliphatic carboxylic acids is 1. The van der Waals surface area contributed by atoms with Crippen molar-refractivity contribution >= 4 is 17.9 Å². The minimum absolute atomic E-state index is 0.194. The van der Waals surface area contributed by atoms with Gasteiger partial charge in [-0.25, -0.2) is 4.79 Å². The number of carbonyl (C=O) groups excluding carboxylic acids is 2. The highest BCUT2D eigenvalue weighted by Crippen LogP contribution is 2.34. The fourth-order valence-electron chi connectivity index (χ4n) is 2.33. The molecule has 0 bridgehead atoms. The largest absolute Gasteiger partial charge is 0.481 e. The van der Waals surface area contributed by atoms with E-state index in [0.29, 0.717) is 19.3 Å². The summed E-state index contributed by atoms with van der Waals surface area (Å²) < 4.78 is 0. The molecule has 0 aromatic rings. The van der Waals surface area contributed by atoms with Crippen molar-refractivity contribution in [1.82, 2.24) is 10.6 Å². The van der Waals surface area contributed by atoms with Crippen LogP contribution in [-0.4, -0.2) is 28.6 Å². The summed E-state index contributed by atoms with van der Waals surface area (Å²) in [7, 11) is 0. The third-order valence-corrected chi connectivity index (χ3v) is 3.11. The van der Waals surface area contributed by atoms with Gasteiger partial charge in [-0.15, -0.1) is 0 Å². The lowest BCUT2D eigenvalue weighted by Crippen LogP contribution is -2.51. The smallest absolute Gasteiger partial charge is 0.322 e. The van der Waals surface area contributed by atoms with Gasteiger partial charge in [-0.3, -0.25) is 14.9 Å². The number of carbonyl (C=O) groups is 3. The van der Waals surface area contributed by atoms with E-state index in [2.05, 4.69) is 10.6 Å². The molecule has 1 heterocycles. The highest BCUT2D eigenvalue weighted by molar-refractivity contribution is 6.07. The van der Waals surface area contributed by atoms with Crippen LogP contribution in [0.3, 0.4) is 0 Å². The van der Waals surface area contributed by atoms with Crippen LogP contribution in [0.4, 0.5) is 4.79 Å². The Labute approximate surface area is 86.0 Å². The van der Waals surface area contributed by atoms with Gasteiger partial charge >= 0.3 is 12.0 Å². The molecule has 1 saturated heterocycles. The standard InChI is InChI=1S/C9H12N2O4/c12-6(13)5-2-1-3-9(4-5)7(14)10-8(15)11-9/h5H,1-4H2,(H,12,13)(H2,10,11,14,15)/t5-,9-/m1/s1.